The summed E-state index contributed by atoms with van der Waals surface area (Å²) in [6, 6.07) is -2.36. The molecule has 4 saturated heterocycles. The third kappa shape index (κ3) is 19.3. The molecule has 4 aliphatic heterocycles. The van der Waals surface area contributed by atoms with Crippen LogP contribution in [0.2, 0.25) is 0 Å². The number of amides is 1. The predicted molar refractivity (Wildman–Crippen MR) is 224 cm³/mol. The molecule has 19 atom stereocenters. The minimum Gasteiger partial charge on any atom is -0.479 e. The van der Waals surface area contributed by atoms with Crippen molar-refractivity contribution in [3.05, 3.63) is 0 Å². The Morgan fingerprint density at radius 2 is 1.12 bits per heavy atom. The largest absolute Gasteiger partial charge is 0.479 e. The summed E-state index contributed by atoms with van der Waals surface area (Å²) in [6.45, 7) is -3.09. The molecule has 0 aromatic carbocycles. The fourth-order valence-electron chi connectivity index (χ4n) is 7.63. The van der Waals surface area contributed by atoms with Crippen LogP contribution >= 0.6 is 0 Å². The van der Waals surface area contributed by atoms with Gasteiger partial charge >= 0.3 is 53.4 Å². The van der Waals surface area contributed by atoms with E-state index in [1.807, 2.05) is 0 Å². The fourth-order valence-corrected chi connectivity index (χ4v) is 9.32. The summed E-state index contributed by atoms with van der Waals surface area (Å²) in [6.07, 6.45) is -41.4. The summed E-state index contributed by atoms with van der Waals surface area (Å²) in [5, 5.41) is 97.6. The quantitative estimate of drug-likeness (QED) is 0.0255. The van der Waals surface area contributed by atoms with Gasteiger partial charge in [0.05, 0.1) is 25.9 Å². The van der Waals surface area contributed by atoms with Gasteiger partial charge in [0.1, 0.15) is 67.1 Å². The number of nitrogens with one attached hydrogen (secondary N) is 2. The molecule has 0 aromatic heterocycles. The zero-order valence-electron chi connectivity index (χ0n) is 37.7. The lowest BCUT2D eigenvalue weighted by Crippen LogP contribution is -2.68. The minimum absolute atomic E-state index is 0.0901. The molecule has 0 radical (unpaired) electrons. The number of rotatable bonds is 28. The maximum absolute atomic E-state index is 12.5. The highest BCUT2D eigenvalue weighted by Gasteiger charge is 2.57. The number of aliphatic hydroxyl groups excluding tert-OH is 7. The normalized spacial score (nSPS) is 36.5. The molecule has 4 heterocycles. The second-order valence-electron chi connectivity index (χ2n) is 16.4. The summed E-state index contributed by atoms with van der Waals surface area (Å²) in [5.74, 6) is -4.38. The molecule has 4 aliphatic rings. The van der Waals surface area contributed by atoms with E-state index < -0.39 is 190 Å². The highest BCUT2D eigenvalue weighted by atomic mass is 32.3. The first-order valence-corrected chi connectivity index (χ1v) is 27.0. The Bertz CT molecular complexity index is 2310. The summed E-state index contributed by atoms with van der Waals surface area (Å²) in [4.78, 5) is 36.5. The fraction of sp³-hybridized carbons (Fsp3) is 0.909. The maximum atomic E-state index is 12.5. The Labute approximate surface area is 419 Å². The van der Waals surface area contributed by atoms with Crippen LogP contribution in [0.5, 0.6) is 0 Å². The van der Waals surface area contributed by atoms with Gasteiger partial charge in [0, 0.05) is 26.0 Å². The lowest BCUT2D eigenvalue weighted by atomic mass is 9.95. The van der Waals surface area contributed by atoms with Crippen molar-refractivity contribution in [3.63, 3.8) is 0 Å². The van der Waals surface area contributed by atoms with Crippen molar-refractivity contribution in [1.29, 1.82) is 0 Å². The van der Waals surface area contributed by atoms with E-state index in [1.54, 1.807) is 0 Å². The van der Waals surface area contributed by atoms with Crippen LogP contribution in [0.4, 0.5) is 0 Å². The van der Waals surface area contributed by atoms with Gasteiger partial charge in [-0.25, -0.2) is 22.1 Å². The van der Waals surface area contributed by atoms with Gasteiger partial charge in [-0.05, 0) is 12.8 Å². The second kappa shape index (κ2) is 27.2. The van der Waals surface area contributed by atoms with Crippen LogP contribution in [-0.2, 0) is 106 Å². The lowest BCUT2D eigenvalue weighted by Gasteiger charge is -2.48. The summed E-state index contributed by atoms with van der Waals surface area (Å²) < 4.78 is 188. The Balaban J connectivity index is 1.52. The van der Waals surface area contributed by atoms with Crippen LogP contribution in [0, 0.1) is 0 Å². The molecule has 74 heavy (non-hydrogen) atoms. The van der Waals surface area contributed by atoms with Crippen LogP contribution in [-0.4, -0.2) is 265 Å². The number of ether oxygens (including phenoxy) is 8. The van der Waals surface area contributed by atoms with Crippen LogP contribution < -0.4 is 10.0 Å². The first-order chi connectivity index (χ1) is 34.2. The highest BCUT2D eigenvalue weighted by Crippen LogP contribution is 2.36. The Hall–Kier alpha value is -2.71. The molecule has 0 bridgehead atoms. The number of aliphatic carboxylic acids is 2. The van der Waals surface area contributed by atoms with E-state index in [0.717, 1.165) is 0 Å². The van der Waals surface area contributed by atoms with Crippen molar-refractivity contribution in [2.24, 2.45) is 0 Å². The number of unbranched alkanes of at least 4 members (excludes halogenated alkanes) is 3. The van der Waals surface area contributed by atoms with Gasteiger partial charge in [0.25, 0.3) is 0 Å². The average Bonchev–Trinajstić information content (AvgIpc) is 3.26. The van der Waals surface area contributed by atoms with Crippen molar-refractivity contribution in [3.8, 4) is 0 Å². The van der Waals surface area contributed by atoms with Gasteiger partial charge in [0.2, 0.25) is 5.91 Å². The molecule has 0 spiro atoms. The zero-order chi connectivity index (χ0) is 55.7. The Morgan fingerprint density at radius 1 is 0.568 bits per heavy atom. The van der Waals surface area contributed by atoms with E-state index in [0.29, 0.717) is 19.3 Å². The van der Waals surface area contributed by atoms with E-state index >= 15 is 0 Å². The third-order valence-electron chi connectivity index (χ3n) is 10.9. The van der Waals surface area contributed by atoms with Crippen molar-refractivity contribution in [2.45, 2.75) is 155 Å². The van der Waals surface area contributed by atoms with Crippen molar-refractivity contribution < 1.29 is 163 Å². The molecule has 37 nitrogen and oxygen atoms in total. The first-order valence-electron chi connectivity index (χ1n) is 21.5. The number of carbonyl (C=O) groups is 3. The Kier molecular flexibility index (Phi) is 23.5. The number of carbonyl (C=O) groups excluding carboxylic acids is 1. The number of hydrogen-bond donors (Lipinski definition) is 15. The highest BCUT2D eigenvalue weighted by molar-refractivity contribution is 7.83. The molecule has 4 fully saturated rings. The molecule has 4 rings (SSSR count). The summed E-state index contributed by atoms with van der Waals surface area (Å²) in [7, 11) is -21.6. The van der Waals surface area contributed by atoms with Crippen molar-refractivity contribution >= 4 is 59.3 Å². The lowest BCUT2D eigenvalue weighted by molar-refractivity contribution is -0.367. The minimum atomic E-state index is -5.49. The average molecular weight is 1170 g/mol. The predicted octanol–water partition coefficient (Wildman–Crippen LogP) is -8.57. The molecule has 0 saturated carbocycles. The van der Waals surface area contributed by atoms with Crippen molar-refractivity contribution in [1.82, 2.24) is 10.0 Å². The van der Waals surface area contributed by atoms with Gasteiger partial charge in [-0.15, -0.1) is 0 Å². The molecule has 0 aromatic rings. The van der Waals surface area contributed by atoms with E-state index in [1.165, 1.54) is 4.72 Å². The zero-order valence-corrected chi connectivity index (χ0v) is 40.9. The van der Waals surface area contributed by atoms with Crippen LogP contribution in [0.1, 0.15) is 38.5 Å². The summed E-state index contributed by atoms with van der Waals surface area (Å²) >= 11 is 0. The van der Waals surface area contributed by atoms with Gasteiger partial charge in [-0.3, -0.25) is 23.0 Å². The second-order valence-corrected chi connectivity index (χ2v) is 20.8. The maximum Gasteiger partial charge on any atom is 0.397 e. The Morgan fingerprint density at radius 3 is 1.68 bits per heavy atom. The standard InChI is InChI=1S/C33H56N2O35S4/c36-7-5-15(38)34-6-3-1-2-4-8-60-33-26(70-74(57,58)59)22(43)25(28(69-33)30(46)47)65-16-9-12(37)23(14(63-16)11-62-73(54,55)56)66-32-21(42)20(41)24(27(68-32)29(44)45)67-31-17(35-71(48,49)50)19(40)18(39)13(64-31)10-61-72(51,52)53/h12-14,16-28,31-33,35-37,39-43H,1-11H2,(H,34,38)(H,44,45)(H,46,47)(H,48,49,50)(H,51,52,53)(H,54,55,56)(H,57,58,59). The SMILES string of the molecule is O=C(CCO)NCCCCCCOC1OC(C(=O)O)C(OC2CC(O)C(OC3OC(C(=O)O)C(OC4OC(COS(=O)(=O)O)C(O)C(O)C4NS(=O)(=O)O)C(O)C3O)C(COS(=O)(=O)O)O2)C(O)C1OS(=O)(=O)O. The van der Waals surface area contributed by atoms with Crippen molar-refractivity contribution in [2.75, 3.05) is 33.0 Å². The van der Waals surface area contributed by atoms with Crippen LogP contribution in [0.25, 0.3) is 0 Å². The first kappa shape index (κ1) is 63.8. The topological polar surface area (TPSA) is 576 Å². The van der Waals surface area contributed by atoms with Gasteiger partial charge in [0.15, 0.2) is 43.5 Å². The van der Waals surface area contributed by atoms with Gasteiger partial charge in [-0.1, -0.05) is 12.8 Å². The molecule has 1 amide bonds. The molecule has 41 heteroatoms. The monoisotopic (exact) mass is 1170 g/mol. The van der Waals surface area contributed by atoms with E-state index in [-0.39, 0.29) is 38.5 Å². The number of aliphatic hydroxyl groups is 7. The van der Waals surface area contributed by atoms with Gasteiger partial charge in [-0.2, -0.15) is 38.4 Å². The molecule has 19 unspecified atom stereocenters. The van der Waals surface area contributed by atoms with E-state index in [2.05, 4.69) is 17.9 Å². The van der Waals surface area contributed by atoms with E-state index in [9.17, 15) is 103 Å². The number of carboxylic acids is 2. The van der Waals surface area contributed by atoms with Gasteiger partial charge < -0.3 is 89.2 Å². The smallest absolute Gasteiger partial charge is 0.397 e. The van der Waals surface area contributed by atoms with Crippen LogP contribution in [0.15, 0.2) is 0 Å². The summed E-state index contributed by atoms with van der Waals surface area (Å²) in [5.41, 5.74) is 0. The third-order valence-corrected chi connectivity index (χ3v) is 12.8. The molecular weight excluding hydrogens is 1110 g/mol. The number of hydrogen-bond acceptors (Lipinski definition) is 29. The molecule has 0 aliphatic carbocycles. The number of carboxylic acid groups (broad SMARTS) is 2. The molecule has 432 valence electrons. The molecule has 15 N–H and O–H groups in total. The molecular formula is C33H56N2O35S4. The van der Waals surface area contributed by atoms with Crippen LogP contribution in [0.3, 0.4) is 0 Å². The van der Waals surface area contributed by atoms with E-state index in [4.69, 9.17) is 47.6 Å².